The van der Waals surface area contributed by atoms with E-state index in [1.165, 1.54) is 16.9 Å². The molecule has 0 spiro atoms. The van der Waals surface area contributed by atoms with Crippen molar-refractivity contribution in [2.45, 2.75) is 26.7 Å². The van der Waals surface area contributed by atoms with Crippen LogP contribution >= 0.6 is 22.9 Å². The SMILES string of the molecule is CCCc1cc(C(=O)NNC(=O)c2ccccc2Cl)sc1C. The highest BCUT2D eigenvalue weighted by Crippen LogP contribution is 2.22. The van der Waals surface area contributed by atoms with Gasteiger partial charge in [0.25, 0.3) is 11.8 Å². The summed E-state index contributed by atoms with van der Waals surface area (Å²) in [6, 6.07) is 8.54. The van der Waals surface area contributed by atoms with Crippen LogP contribution in [0.15, 0.2) is 30.3 Å². The summed E-state index contributed by atoms with van der Waals surface area (Å²) in [5.74, 6) is -0.767. The Morgan fingerprint density at radius 1 is 1.18 bits per heavy atom. The lowest BCUT2D eigenvalue weighted by Crippen LogP contribution is -2.41. The van der Waals surface area contributed by atoms with Crippen molar-refractivity contribution in [1.29, 1.82) is 0 Å². The fourth-order valence-electron chi connectivity index (χ4n) is 2.04. The van der Waals surface area contributed by atoms with E-state index in [0.717, 1.165) is 17.7 Å². The smallest absolute Gasteiger partial charge is 0.267 e. The zero-order valence-electron chi connectivity index (χ0n) is 12.4. The number of amides is 2. The van der Waals surface area contributed by atoms with Crippen LogP contribution in [0, 0.1) is 6.92 Å². The van der Waals surface area contributed by atoms with Crippen molar-refractivity contribution in [2.75, 3.05) is 0 Å². The summed E-state index contributed by atoms with van der Waals surface area (Å²) in [4.78, 5) is 25.8. The maximum Gasteiger partial charge on any atom is 0.279 e. The maximum absolute atomic E-state index is 12.1. The standard InChI is InChI=1S/C16H17ClN2O2S/c1-3-6-11-9-14(22-10(11)2)16(21)19-18-15(20)12-7-4-5-8-13(12)17/h4-5,7-9H,3,6H2,1-2H3,(H,18,20)(H,19,21). The Morgan fingerprint density at radius 2 is 1.86 bits per heavy atom. The van der Waals surface area contributed by atoms with Gasteiger partial charge < -0.3 is 0 Å². The first-order valence-corrected chi connectivity index (χ1v) is 8.17. The molecule has 2 N–H and O–H groups in total. The van der Waals surface area contributed by atoms with Crippen molar-refractivity contribution in [3.63, 3.8) is 0 Å². The Kier molecular flexibility index (Phi) is 5.57. The molecule has 2 amide bonds. The molecule has 2 aromatic rings. The van der Waals surface area contributed by atoms with Crippen molar-refractivity contribution >= 4 is 34.8 Å². The molecule has 0 aliphatic rings. The van der Waals surface area contributed by atoms with Gasteiger partial charge in [0.15, 0.2) is 0 Å². The molecule has 0 aliphatic carbocycles. The average molecular weight is 337 g/mol. The Bertz CT molecular complexity index is 697. The van der Waals surface area contributed by atoms with Crippen LogP contribution in [0.3, 0.4) is 0 Å². The fraction of sp³-hybridized carbons (Fsp3) is 0.250. The van der Waals surface area contributed by atoms with E-state index >= 15 is 0 Å². The van der Waals surface area contributed by atoms with E-state index in [1.54, 1.807) is 24.3 Å². The number of benzene rings is 1. The van der Waals surface area contributed by atoms with Gasteiger partial charge in [-0.15, -0.1) is 11.3 Å². The van der Waals surface area contributed by atoms with Gasteiger partial charge in [0.05, 0.1) is 15.5 Å². The first-order chi connectivity index (χ1) is 10.5. The van der Waals surface area contributed by atoms with Crippen LogP contribution in [0.2, 0.25) is 5.02 Å². The number of carbonyl (C=O) groups is 2. The zero-order chi connectivity index (χ0) is 16.1. The number of thiophene rings is 1. The lowest BCUT2D eigenvalue weighted by Gasteiger charge is -2.07. The van der Waals surface area contributed by atoms with Gasteiger partial charge in [-0.25, -0.2) is 0 Å². The van der Waals surface area contributed by atoms with Crippen LogP contribution in [0.5, 0.6) is 0 Å². The molecule has 6 heteroatoms. The van der Waals surface area contributed by atoms with E-state index < -0.39 is 5.91 Å². The predicted molar refractivity (Wildman–Crippen MR) is 89.4 cm³/mol. The van der Waals surface area contributed by atoms with Crippen molar-refractivity contribution in [3.05, 3.63) is 56.2 Å². The summed E-state index contributed by atoms with van der Waals surface area (Å²) in [6.07, 6.45) is 1.98. The zero-order valence-corrected chi connectivity index (χ0v) is 14.0. The summed E-state index contributed by atoms with van der Waals surface area (Å²) in [5, 5.41) is 0.339. The highest BCUT2D eigenvalue weighted by Gasteiger charge is 2.14. The Labute approximate surface area is 138 Å². The summed E-state index contributed by atoms with van der Waals surface area (Å²) in [5.41, 5.74) is 6.30. The first-order valence-electron chi connectivity index (χ1n) is 6.97. The lowest BCUT2D eigenvalue weighted by atomic mass is 10.1. The second kappa shape index (κ2) is 7.42. The van der Waals surface area contributed by atoms with Gasteiger partial charge in [-0.3, -0.25) is 20.4 Å². The van der Waals surface area contributed by atoms with E-state index in [4.69, 9.17) is 11.6 Å². The highest BCUT2D eigenvalue weighted by atomic mass is 35.5. The number of halogens is 1. The monoisotopic (exact) mass is 336 g/mol. The molecule has 116 valence electrons. The van der Waals surface area contributed by atoms with E-state index in [0.29, 0.717) is 15.5 Å². The summed E-state index contributed by atoms with van der Waals surface area (Å²) < 4.78 is 0. The maximum atomic E-state index is 12.1. The summed E-state index contributed by atoms with van der Waals surface area (Å²) in [7, 11) is 0. The largest absolute Gasteiger partial charge is 0.279 e. The van der Waals surface area contributed by atoms with Crippen LogP contribution in [0.1, 0.15) is 43.8 Å². The molecule has 4 nitrogen and oxygen atoms in total. The number of carbonyl (C=O) groups excluding carboxylic acids is 2. The van der Waals surface area contributed by atoms with Crippen LogP contribution < -0.4 is 10.9 Å². The highest BCUT2D eigenvalue weighted by molar-refractivity contribution is 7.14. The molecule has 0 saturated carbocycles. The van der Waals surface area contributed by atoms with Gasteiger partial charge in [0.1, 0.15) is 0 Å². The number of aryl methyl sites for hydroxylation is 2. The Balaban J connectivity index is 1.99. The molecule has 22 heavy (non-hydrogen) atoms. The molecule has 0 bridgehead atoms. The molecular weight excluding hydrogens is 320 g/mol. The number of nitrogens with one attached hydrogen (secondary N) is 2. The number of hydrazine groups is 1. The third kappa shape index (κ3) is 3.87. The number of hydrogen-bond acceptors (Lipinski definition) is 3. The van der Waals surface area contributed by atoms with Crippen molar-refractivity contribution in [3.8, 4) is 0 Å². The van der Waals surface area contributed by atoms with E-state index in [2.05, 4.69) is 17.8 Å². The van der Waals surface area contributed by atoms with Gasteiger partial charge in [0, 0.05) is 4.88 Å². The summed E-state index contributed by atoms with van der Waals surface area (Å²) in [6.45, 7) is 4.09. The summed E-state index contributed by atoms with van der Waals surface area (Å²) >= 11 is 7.36. The molecular formula is C16H17ClN2O2S. The predicted octanol–water partition coefficient (Wildman–Crippen LogP) is 3.74. The van der Waals surface area contributed by atoms with Gasteiger partial charge in [-0.05, 0) is 37.1 Å². The van der Waals surface area contributed by atoms with Gasteiger partial charge in [0.2, 0.25) is 0 Å². The molecule has 0 aliphatic heterocycles. The molecule has 1 heterocycles. The normalized spacial score (nSPS) is 10.3. The van der Waals surface area contributed by atoms with Gasteiger partial charge in [-0.2, -0.15) is 0 Å². The molecule has 0 unspecified atom stereocenters. The first kappa shape index (κ1) is 16.5. The van der Waals surface area contributed by atoms with Crippen molar-refractivity contribution in [1.82, 2.24) is 10.9 Å². The second-order valence-corrected chi connectivity index (χ2v) is 6.49. The number of rotatable bonds is 4. The second-order valence-electron chi connectivity index (χ2n) is 4.83. The molecule has 0 fully saturated rings. The quantitative estimate of drug-likeness (QED) is 0.836. The minimum Gasteiger partial charge on any atom is -0.267 e. The third-order valence-corrected chi connectivity index (χ3v) is 4.59. The molecule has 0 atom stereocenters. The van der Waals surface area contributed by atoms with Gasteiger partial charge in [-0.1, -0.05) is 37.1 Å². The van der Waals surface area contributed by atoms with E-state index in [9.17, 15) is 9.59 Å². The fourth-order valence-corrected chi connectivity index (χ4v) is 3.23. The van der Waals surface area contributed by atoms with Crippen molar-refractivity contribution < 1.29 is 9.59 Å². The van der Waals surface area contributed by atoms with Crippen molar-refractivity contribution in [2.24, 2.45) is 0 Å². The number of hydrogen-bond donors (Lipinski definition) is 2. The minimum atomic E-state index is -0.444. The lowest BCUT2D eigenvalue weighted by molar-refractivity contribution is 0.0849. The van der Waals surface area contributed by atoms with Crippen LogP contribution in [-0.4, -0.2) is 11.8 Å². The van der Waals surface area contributed by atoms with Gasteiger partial charge >= 0.3 is 0 Å². The average Bonchev–Trinajstić information content (AvgIpc) is 2.87. The molecule has 1 aromatic carbocycles. The van der Waals surface area contributed by atoms with E-state index in [-0.39, 0.29) is 5.91 Å². The molecule has 0 saturated heterocycles. The van der Waals surface area contributed by atoms with Crippen LogP contribution in [0.25, 0.3) is 0 Å². The third-order valence-electron chi connectivity index (χ3n) is 3.17. The molecule has 2 rings (SSSR count). The molecule has 1 aromatic heterocycles. The van der Waals surface area contributed by atoms with E-state index in [1.807, 2.05) is 13.0 Å². The Morgan fingerprint density at radius 3 is 2.55 bits per heavy atom. The minimum absolute atomic E-state index is 0.318. The molecule has 0 radical (unpaired) electrons. The Hall–Kier alpha value is -1.85. The topological polar surface area (TPSA) is 58.2 Å². The van der Waals surface area contributed by atoms with Crippen LogP contribution in [-0.2, 0) is 6.42 Å². The van der Waals surface area contributed by atoms with Crippen LogP contribution in [0.4, 0.5) is 0 Å².